The minimum absolute atomic E-state index is 0.282. The maximum absolute atomic E-state index is 12.1. The van der Waals surface area contributed by atoms with Crippen molar-refractivity contribution in [1.82, 2.24) is 5.32 Å². The van der Waals surface area contributed by atoms with Crippen LogP contribution in [0.4, 0.5) is 5.69 Å². The third-order valence-corrected chi connectivity index (χ3v) is 4.78. The summed E-state index contributed by atoms with van der Waals surface area (Å²) in [4.78, 5) is 24.2. The summed E-state index contributed by atoms with van der Waals surface area (Å²) in [6.07, 6.45) is 0. The molecule has 25 heavy (non-hydrogen) atoms. The van der Waals surface area contributed by atoms with Crippen LogP contribution < -0.4 is 10.6 Å². The molecule has 0 spiro atoms. The molecule has 3 rings (SSSR count). The normalized spacial score (nSPS) is 11.5. The molecule has 0 saturated heterocycles. The highest BCUT2D eigenvalue weighted by Gasteiger charge is 2.19. The average Bonchev–Trinajstić information content (AvgIpc) is 3.06. The van der Waals surface area contributed by atoms with E-state index in [1.54, 1.807) is 35.6 Å². The number of carbonyl (C=O) groups is 2. The molecule has 1 unspecified atom stereocenters. The lowest BCUT2D eigenvalue weighted by Crippen LogP contribution is -2.36. The van der Waals surface area contributed by atoms with Gasteiger partial charge in [0.2, 0.25) is 0 Å². The number of nitrogens with one attached hydrogen (secondary N) is 2. The Balaban J connectivity index is 1.66. The molecule has 0 radical (unpaired) electrons. The Morgan fingerprint density at radius 2 is 1.80 bits per heavy atom. The molecule has 0 saturated carbocycles. The second kappa shape index (κ2) is 7.16. The van der Waals surface area contributed by atoms with Gasteiger partial charge in [0.05, 0.1) is 17.7 Å². The number of thiophene rings is 1. The predicted molar refractivity (Wildman–Crippen MR) is 98.2 cm³/mol. The van der Waals surface area contributed by atoms with Gasteiger partial charge in [-0.25, -0.2) is 0 Å². The maximum atomic E-state index is 12.1. The Bertz CT molecular complexity index is 970. The van der Waals surface area contributed by atoms with Crippen LogP contribution in [0.15, 0.2) is 53.9 Å². The molecule has 5 nitrogen and oxygen atoms in total. The zero-order valence-corrected chi connectivity index (χ0v) is 14.3. The highest BCUT2D eigenvalue weighted by atomic mass is 32.1. The van der Waals surface area contributed by atoms with Gasteiger partial charge in [0.1, 0.15) is 0 Å². The van der Waals surface area contributed by atoms with Crippen LogP contribution in [-0.2, 0) is 9.59 Å². The summed E-state index contributed by atoms with van der Waals surface area (Å²) in [6, 6.07) is 16.0. The molecule has 1 aromatic heterocycles. The van der Waals surface area contributed by atoms with Crippen LogP contribution in [0, 0.1) is 11.3 Å². The highest BCUT2D eigenvalue weighted by Crippen LogP contribution is 2.29. The van der Waals surface area contributed by atoms with E-state index < -0.39 is 11.8 Å². The van der Waals surface area contributed by atoms with Crippen molar-refractivity contribution in [2.24, 2.45) is 0 Å². The van der Waals surface area contributed by atoms with E-state index in [2.05, 4.69) is 10.6 Å². The van der Waals surface area contributed by atoms with E-state index in [1.807, 2.05) is 42.6 Å². The fourth-order valence-electron chi connectivity index (χ4n) is 2.49. The molecular weight excluding hydrogens is 334 g/mol. The zero-order valence-electron chi connectivity index (χ0n) is 13.4. The van der Waals surface area contributed by atoms with Crippen LogP contribution in [0.25, 0.3) is 10.1 Å². The first-order chi connectivity index (χ1) is 12.1. The molecular formula is C19H15N3O2S. The number of benzene rings is 2. The predicted octanol–water partition coefficient (Wildman–Crippen LogP) is 3.59. The largest absolute Gasteiger partial charge is 0.341 e. The van der Waals surface area contributed by atoms with Gasteiger partial charge in [0.15, 0.2) is 0 Å². The van der Waals surface area contributed by atoms with Crippen molar-refractivity contribution in [2.45, 2.75) is 13.0 Å². The Morgan fingerprint density at radius 3 is 2.52 bits per heavy atom. The van der Waals surface area contributed by atoms with Gasteiger partial charge < -0.3 is 10.6 Å². The summed E-state index contributed by atoms with van der Waals surface area (Å²) >= 11 is 1.61. The molecule has 2 amide bonds. The van der Waals surface area contributed by atoms with Crippen LogP contribution in [0.5, 0.6) is 0 Å². The molecule has 2 aromatic carbocycles. The summed E-state index contributed by atoms with van der Waals surface area (Å²) in [5.74, 6) is -1.44. The van der Waals surface area contributed by atoms with E-state index in [1.165, 1.54) is 0 Å². The number of anilines is 1. The van der Waals surface area contributed by atoms with Crippen molar-refractivity contribution >= 4 is 38.9 Å². The number of nitriles is 1. The first kappa shape index (κ1) is 16.7. The van der Waals surface area contributed by atoms with Gasteiger partial charge >= 0.3 is 11.8 Å². The van der Waals surface area contributed by atoms with Gasteiger partial charge in [-0.2, -0.15) is 5.26 Å². The smallest absolute Gasteiger partial charge is 0.313 e. The van der Waals surface area contributed by atoms with Crippen LogP contribution in [0.3, 0.4) is 0 Å². The summed E-state index contributed by atoms with van der Waals surface area (Å²) in [7, 11) is 0. The second-order valence-corrected chi connectivity index (χ2v) is 6.44. The van der Waals surface area contributed by atoms with Crippen molar-refractivity contribution < 1.29 is 9.59 Å². The van der Waals surface area contributed by atoms with Crippen molar-refractivity contribution in [3.05, 3.63) is 65.0 Å². The maximum Gasteiger partial charge on any atom is 0.313 e. The third kappa shape index (κ3) is 3.67. The molecule has 6 heteroatoms. The fourth-order valence-corrected chi connectivity index (χ4v) is 3.54. The van der Waals surface area contributed by atoms with Gasteiger partial charge in [-0.1, -0.05) is 18.2 Å². The summed E-state index contributed by atoms with van der Waals surface area (Å²) in [5.41, 5.74) is 1.94. The Hall–Kier alpha value is -3.17. The molecule has 0 fully saturated rings. The molecule has 3 aromatic rings. The van der Waals surface area contributed by atoms with Gasteiger partial charge in [0, 0.05) is 10.4 Å². The van der Waals surface area contributed by atoms with Crippen LogP contribution in [0.2, 0.25) is 0 Å². The number of hydrogen-bond donors (Lipinski definition) is 2. The average molecular weight is 349 g/mol. The monoisotopic (exact) mass is 349 g/mol. The lowest BCUT2D eigenvalue weighted by Gasteiger charge is -2.13. The number of carbonyl (C=O) groups excluding carboxylic acids is 2. The number of hydrogen-bond acceptors (Lipinski definition) is 4. The van der Waals surface area contributed by atoms with Gasteiger partial charge in [-0.15, -0.1) is 11.3 Å². The van der Waals surface area contributed by atoms with Crippen LogP contribution >= 0.6 is 11.3 Å². The Kier molecular flexibility index (Phi) is 4.78. The van der Waals surface area contributed by atoms with E-state index in [0.29, 0.717) is 11.3 Å². The first-order valence-electron chi connectivity index (χ1n) is 7.66. The topological polar surface area (TPSA) is 82.0 Å². The van der Waals surface area contributed by atoms with Gasteiger partial charge in [0.25, 0.3) is 0 Å². The lowest BCUT2D eigenvalue weighted by atomic mass is 10.1. The Labute approximate surface area is 148 Å². The molecule has 124 valence electrons. The minimum atomic E-state index is -0.740. The third-order valence-electron chi connectivity index (χ3n) is 3.80. The van der Waals surface area contributed by atoms with E-state index in [0.717, 1.165) is 15.6 Å². The number of amides is 2. The highest BCUT2D eigenvalue weighted by molar-refractivity contribution is 7.17. The van der Waals surface area contributed by atoms with Gasteiger partial charge in [-0.05, 0) is 53.6 Å². The van der Waals surface area contributed by atoms with Crippen molar-refractivity contribution in [1.29, 1.82) is 5.26 Å². The molecule has 0 aliphatic rings. The van der Waals surface area contributed by atoms with Crippen molar-refractivity contribution in [2.75, 3.05) is 5.32 Å². The van der Waals surface area contributed by atoms with E-state index in [-0.39, 0.29) is 6.04 Å². The number of rotatable bonds is 3. The molecule has 0 aliphatic carbocycles. The van der Waals surface area contributed by atoms with E-state index >= 15 is 0 Å². The van der Waals surface area contributed by atoms with Crippen LogP contribution in [-0.4, -0.2) is 11.8 Å². The quantitative estimate of drug-likeness (QED) is 0.709. The second-order valence-electron chi connectivity index (χ2n) is 5.53. The molecule has 1 heterocycles. The standard InChI is InChI=1S/C19H15N3O2S/c1-12(16-11-25-17-5-3-2-4-15(16)17)21-18(23)19(24)22-14-8-6-13(10-20)7-9-14/h2-9,11-12H,1H3,(H,21,23)(H,22,24). The van der Waals surface area contributed by atoms with Crippen molar-refractivity contribution in [3.63, 3.8) is 0 Å². The fraction of sp³-hybridized carbons (Fsp3) is 0.105. The first-order valence-corrected chi connectivity index (χ1v) is 8.54. The van der Waals surface area contributed by atoms with Gasteiger partial charge in [-0.3, -0.25) is 9.59 Å². The Morgan fingerprint density at radius 1 is 1.08 bits per heavy atom. The summed E-state index contributed by atoms with van der Waals surface area (Å²) < 4.78 is 1.14. The van der Waals surface area contributed by atoms with E-state index in [9.17, 15) is 9.59 Å². The van der Waals surface area contributed by atoms with E-state index in [4.69, 9.17) is 5.26 Å². The summed E-state index contributed by atoms with van der Waals surface area (Å²) in [6.45, 7) is 1.85. The number of fused-ring (bicyclic) bond motifs is 1. The minimum Gasteiger partial charge on any atom is -0.341 e. The van der Waals surface area contributed by atoms with Crippen molar-refractivity contribution in [3.8, 4) is 6.07 Å². The molecule has 2 N–H and O–H groups in total. The SMILES string of the molecule is CC(NC(=O)C(=O)Nc1ccc(C#N)cc1)c1csc2ccccc12. The zero-order chi connectivity index (χ0) is 17.8. The molecule has 0 aliphatic heterocycles. The number of nitrogens with zero attached hydrogens (tertiary/aromatic N) is 1. The van der Waals surface area contributed by atoms with Crippen LogP contribution in [0.1, 0.15) is 24.1 Å². The molecule has 1 atom stereocenters. The summed E-state index contributed by atoms with van der Waals surface area (Å²) in [5, 5.41) is 17.1. The lowest BCUT2D eigenvalue weighted by molar-refractivity contribution is -0.136. The molecule has 0 bridgehead atoms.